The zero-order valence-electron chi connectivity index (χ0n) is 9.35. The van der Waals surface area contributed by atoms with E-state index in [1.54, 1.807) is 0 Å². The summed E-state index contributed by atoms with van der Waals surface area (Å²) in [7, 11) is -2.52. The molecule has 0 spiro atoms. The van der Waals surface area contributed by atoms with Crippen LogP contribution in [-0.4, -0.2) is 77.9 Å². The monoisotopic (exact) mass is 278 g/mol. The van der Waals surface area contributed by atoms with Gasteiger partial charge in [0.2, 0.25) is 5.91 Å². The summed E-state index contributed by atoms with van der Waals surface area (Å²) in [5.41, 5.74) is 2.49. The van der Waals surface area contributed by atoms with Crippen LogP contribution in [0.2, 0.25) is 0 Å². The molecule has 3 N–H and O–H groups in total. The molecule has 1 amide bonds. The Morgan fingerprint density at radius 2 is 2.00 bits per heavy atom. The Kier molecular flexibility index (Phi) is 9.45. The van der Waals surface area contributed by atoms with Crippen molar-refractivity contribution in [2.24, 2.45) is 0 Å². The van der Waals surface area contributed by atoms with E-state index in [1.165, 1.54) is 14.0 Å². The third-order valence-corrected chi connectivity index (χ3v) is 2.34. The molecular formula is C6H13N3NaO4S2. The summed E-state index contributed by atoms with van der Waals surface area (Å²) in [4.78, 5) is 10.8. The van der Waals surface area contributed by atoms with Gasteiger partial charge in [-0.15, -0.1) is 0 Å². The topological polar surface area (TPSA) is 98.7 Å². The Hall–Kier alpha value is 0.0700. The average Bonchev–Trinajstić information content (AvgIpc) is 2.01. The summed E-state index contributed by atoms with van der Waals surface area (Å²) in [6, 6.07) is 0. The van der Waals surface area contributed by atoms with Crippen LogP contribution in [0, 0.1) is 0 Å². The number of carbonyl (C=O) groups excluding carboxylic acids is 1. The van der Waals surface area contributed by atoms with Crippen molar-refractivity contribution in [3.8, 4) is 0 Å². The second-order valence-corrected chi connectivity index (χ2v) is 4.71. The van der Waals surface area contributed by atoms with Crippen molar-refractivity contribution in [2.45, 2.75) is 6.92 Å². The summed E-state index contributed by atoms with van der Waals surface area (Å²) < 4.78 is 29.1. The van der Waals surface area contributed by atoms with Crippen LogP contribution in [-0.2, 0) is 14.9 Å². The molecule has 0 rings (SSSR count). The van der Waals surface area contributed by atoms with Crippen LogP contribution in [0.5, 0.6) is 0 Å². The van der Waals surface area contributed by atoms with Crippen molar-refractivity contribution in [1.29, 1.82) is 0 Å². The molecule has 0 aliphatic rings. The van der Waals surface area contributed by atoms with Gasteiger partial charge < -0.3 is 5.32 Å². The van der Waals surface area contributed by atoms with Gasteiger partial charge in [0, 0.05) is 50.1 Å². The first-order valence-electron chi connectivity index (χ1n) is 3.96. The fourth-order valence-electron chi connectivity index (χ4n) is 0.564. The van der Waals surface area contributed by atoms with E-state index in [9.17, 15) is 13.2 Å². The molecule has 16 heavy (non-hydrogen) atoms. The number of nitrogens with one attached hydrogen (secondary N) is 2. The molecule has 0 saturated heterocycles. The molecular weight excluding hydrogens is 265 g/mol. The Labute approximate surface area is 122 Å². The number of thiocarbonyl (C=S) groups is 1. The van der Waals surface area contributed by atoms with Gasteiger partial charge >= 0.3 is 0 Å². The third-order valence-electron chi connectivity index (χ3n) is 1.39. The van der Waals surface area contributed by atoms with Gasteiger partial charge in [0.15, 0.2) is 5.11 Å². The van der Waals surface area contributed by atoms with Gasteiger partial charge in [-0.3, -0.25) is 19.8 Å². The number of nitrogens with zero attached hydrogens (tertiary/aromatic N) is 1. The van der Waals surface area contributed by atoms with Crippen LogP contribution in [0.15, 0.2) is 0 Å². The van der Waals surface area contributed by atoms with Gasteiger partial charge in [-0.2, -0.15) is 8.42 Å². The van der Waals surface area contributed by atoms with E-state index in [4.69, 9.17) is 16.8 Å². The van der Waals surface area contributed by atoms with Gasteiger partial charge in [0.05, 0.1) is 5.75 Å². The van der Waals surface area contributed by atoms with E-state index >= 15 is 0 Å². The van der Waals surface area contributed by atoms with Gasteiger partial charge in [-0.1, -0.05) is 0 Å². The molecule has 1 radical (unpaired) electrons. The quantitative estimate of drug-likeness (QED) is 0.246. The fourth-order valence-corrected chi connectivity index (χ4v) is 1.16. The Bertz CT molecular complexity index is 346. The van der Waals surface area contributed by atoms with E-state index in [1.807, 2.05) is 0 Å². The number of carbonyl (C=O) groups is 1. The maximum atomic E-state index is 10.8. The Morgan fingerprint density at radius 1 is 1.50 bits per heavy atom. The SMILES string of the molecule is CC(=O)N(C)NC(=S)NCCS(=O)(=O)O.[Na]. The number of hydrogen-bond acceptors (Lipinski definition) is 4. The van der Waals surface area contributed by atoms with Crippen LogP contribution in [0.4, 0.5) is 0 Å². The van der Waals surface area contributed by atoms with Crippen LogP contribution in [0.1, 0.15) is 6.92 Å². The minimum atomic E-state index is -4.00. The standard InChI is InChI=1S/C6H13N3O4S2.Na/c1-5(10)9(2)8-6(14)7-3-4-15(11,12)13;/h3-4H2,1-2H3,(H2,7,8,14)(H,11,12,13);. The molecule has 0 aliphatic heterocycles. The zero-order chi connectivity index (χ0) is 12.1. The number of amides is 1. The predicted octanol–water partition coefficient (Wildman–Crippen LogP) is -1.65. The van der Waals surface area contributed by atoms with Crippen LogP contribution in [0.3, 0.4) is 0 Å². The van der Waals surface area contributed by atoms with E-state index in [-0.39, 0.29) is 47.1 Å². The van der Waals surface area contributed by atoms with Crippen LogP contribution in [0.25, 0.3) is 0 Å². The van der Waals surface area contributed by atoms with E-state index < -0.39 is 15.9 Å². The zero-order valence-corrected chi connectivity index (χ0v) is 13.0. The normalized spacial score (nSPS) is 9.94. The molecule has 7 nitrogen and oxygen atoms in total. The summed E-state index contributed by atoms with van der Waals surface area (Å²) >= 11 is 4.75. The first-order valence-corrected chi connectivity index (χ1v) is 5.98. The molecule has 0 heterocycles. The van der Waals surface area contributed by atoms with Gasteiger partial charge in [0.1, 0.15) is 0 Å². The molecule has 0 bridgehead atoms. The average molecular weight is 278 g/mol. The fraction of sp³-hybridized carbons (Fsp3) is 0.667. The molecule has 0 atom stereocenters. The first-order chi connectivity index (χ1) is 6.72. The molecule has 0 aromatic carbocycles. The van der Waals surface area contributed by atoms with Crippen molar-refractivity contribution < 1.29 is 17.8 Å². The summed E-state index contributed by atoms with van der Waals surface area (Å²) in [6.07, 6.45) is 0. The molecule has 0 unspecified atom stereocenters. The molecule has 0 saturated carbocycles. The second-order valence-electron chi connectivity index (χ2n) is 2.73. The second kappa shape index (κ2) is 8.20. The first kappa shape index (κ1) is 18.4. The maximum absolute atomic E-state index is 10.8. The van der Waals surface area contributed by atoms with Gasteiger partial charge in [0.25, 0.3) is 10.1 Å². The van der Waals surface area contributed by atoms with Crippen LogP contribution >= 0.6 is 12.2 Å². The number of hydrogen-bond donors (Lipinski definition) is 3. The van der Waals surface area contributed by atoms with Crippen molar-refractivity contribution in [2.75, 3.05) is 19.3 Å². The van der Waals surface area contributed by atoms with E-state index in [0.717, 1.165) is 5.01 Å². The summed E-state index contributed by atoms with van der Waals surface area (Å²) in [6.45, 7) is 1.31. The van der Waals surface area contributed by atoms with Crippen LogP contribution < -0.4 is 10.7 Å². The van der Waals surface area contributed by atoms with Gasteiger partial charge in [-0.25, -0.2) is 0 Å². The number of rotatable bonds is 3. The van der Waals surface area contributed by atoms with Crippen molar-refractivity contribution in [3.63, 3.8) is 0 Å². The minimum Gasteiger partial charge on any atom is -0.360 e. The summed E-state index contributed by atoms with van der Waals surface area (Å²) in [5.74, 6) is -0.688. The predicted molar refractivity (Wildman–Crippen MR) is 64.4 cm³/mol. The molecule has 10 heteroatoms. The number of hydrazine groups is 1. The van der Waals surface area contributed by atoms with E-state index in [0.29, 0.717) is 0 Å². The third kappa shape index (κ3) is 10.6. The summed E-state index contributed by atoms with van der Waals surface area (Å²) in [5, 5.41) is 3.76. The van der Waals surface area contributed by atoms with Crippen molar-refractivity contribution in [3.05, 3.63) is 0 Å². The molecule has 0 fully saturated rings. The maximum Gasteiger partial charge on any atom is 0.266 e. The smallest absolute Gasteiger partial charge is 0.266 e. The molecule has 0 aromatic rings. The van der Waals surface area contributed by atoms with Crippen molar-refractivity contribution in [1.82, 2.24) is 15.8 Å². The molecule has 0 aromatic heterocycles. The van der Waals surface area contributed by atoms with Gasteiger partial charge in [-0.05, 0) is 12.2 Å². The molecule has 89 valence electrons. The molecule has 0 aliphatic carbocycles. The largest absolute Gasteiger partial charge is 0.360 e. The Morgan fingerprint density at radius 3 is 2.38 bits per heavy atom. The minimum absolute atomic E-state index is 0. The van der Waals surface area contributed by atoms with Crippen molar-refractivity contribution >= 4 is 62.9 Å². The Balaban J connectivity index is 0. The van der Waals surface area contributed by atoms with E-state index in [2.05, 4.69) is 10.7 Å².